The number of alkyl halides is 3. The number of halogens is 3. The van der Waals surface area contributed by atoms with Crippen molar-refractivity contribution >= 4 is 34.3 Å². The molecule has 1 fully saturated rings. The number of aliphatic hydroxyl groups is 1. The summed E-state index contributed by atoms with van der Waals surface area (Å²) in [6.07, 6.45) is 6.16. The SMILES string of the molecule is C#Cc1cnc2ccc(Nc3cc(NC4CCC(F)(F)C4)c(C(=O)NCC(F)C(C)(C)O)cn3)nc2c1.CC.CC. The Kier molecular flexibility index (Phi) is 11.9. The third-order valence-corrected chi connectivity index (χ3v) is 6.08. The molecule has 222 valence electrons. The average molecular weight is 573 g/mol. The maximum Gasteiger partial charge on any atom is 0.255 e. The van der Waals surface area contributed by atoms with Crippen molar-refractivity contribution in [2.75, 3.05) is 17.2 Å². The summed E-state index contributed by atoms with van der Waals surface area (Å²) in [5.41, 5.74) is 0.457. The van der Waals surface area contributed by atoms with Gasteiger partial charge < -0.3 is 21.1 Å². The second-order valence-corrected chi connectivity index (χ2v) is 9.61. The summed E-state index contributed by atoms with van der Waals surface area (Å²) in [4.78, 5) is 25.8. The molecule has 0 saturated heterocycles. The maximum absolute atomic E-state index is 14.2. The average Bonchev–Trinajstić information content (AvgIpc) is 3.30. The second kappa shape index (κ2) is 14.6. The predicted octanol–water partition coefficient (Wildman–Crippen LogP) is 6.24. The minimum Gasteiger partial charge on any atom is -0.387 e. The van der Waals surface area contributed by atoms with E-state index in [1.807, 2.05) is 27.7 Å². The quantitative estimate of drug-likeness (QED) is 0.236. The largest absolute Gasteiger partial charge is 0.387 e. The van der Waals surface area contributed by atoms with Gasteiger partial charge in [0, 0.05) is 42.9 Å². The van der Waals surface area contributed by atoms with E-state index in [0.29, 0.717) is 28.2 Å². The van der Waals surface area contributed by atoms with Gasteiger partial charge in [-0.2, -0.15) is 0 Å². The molecule has 0 aromatic carbocycles. The topological polar surface area (TPSA) is 112 Å². The zero-order valence-corrected chi connectivity index (χ0v) is 24.4. The number of fused-ring (bicyclic) bond motifs is 1. The smallest absolute Gasteiger partial charge is 0.255 e. The van der Waals surface area contributed by atoms with Crippen LogP contribution in [-0.2, 0) is 0 Å². The van der Waals surface area contributed by atoms with E-state index in [-0.39, 0.29) is 30.5 Å². The summed E-state index contributed by atoms with van der Waals surface area (Å²) >= 11 is 0. The van der Waals surface area contributed by atoms with Gasteiger partial charge in [-0.05, 0) is 38.5 Å². The Balaban J connectivity index is 0.00000141. The van der Waals surface area contributed by atoms with Gasteiger partial charge in [-0.25, -0.2) is 23.1 Å². The Labute approximate surface area is 239 Å². The number of anilines is 3. The van der Waals surface area contributed by atoms with Gasteiger partial charge in [0.05, 0.1) is 34.4 Å². The number of carbonyl (C=O) groups excluding carboxylic acids is 1. The molecule has 0 radical (unpaired) electrons. The highest BCUT2D eigenvalue weighted by Gasteiger charge is 2.39. The molecule has 0 bridgehead atoms. The Bertz CT molecular complexity index is 1350. The van der Waals surface area contributed by atoms with Gasteiger partial charge in [-0.1, -0.05) is 33.6 Å². The summed E-state index contributed by atoms with van der Waals surface area (Å²) in [6.45, 7) is 10.2. The lowest BCUT2D eigenvalue weighted by Gasteiger charge is -2.23. The molecule has 11 heteroatoms. The Morgan fingerprint density at radius 3 is 2.46 bits per heavy atom. The molecule has 41 heavy (non-hydrogen) atoms. The van der Waals surface area contributed by atoms with Crippen LogP contribution in [0.4, 0.5) is 30.5 Å². The molecule has 0 aliphatic heterocycles. The van der Waals surface area contributed by atoms with E-state index in [1.165, 1.54) is 26.1 Å². The number of carbonyl (C=O) groups is 1. The van der Waals surface area contributed by atoms with Gasteiger partial charge in [0.2, 0.25) is 5.92 Å². The predicted molar refractivity (Wildman–Crippen MR) is 157 cm³/mol. The molecule has 2 unspecified atom stereocenters. The summed E-state index contributed by atoms with van der Waals surface area (Å²) in [5.74, 6) is -0.211. The van der Waals surface area contributed by atoms with Crippen LogP contribution in [-0.4, -0.2) is 56.2 Å². The molecule has 0 spiro atoms. The summed E-state index contributed by atoms with van der Waals surface area (Å²) in [6, 6.07) is 6.11. The molecular formula is C30H39F3N6O2. The number of hydrogen-bond donors (Lipinski definition) is 4. The Hall–Kier alpha value is -3.91. The zero-order chi connectivity index (χ0) is 30.8. The van der Waals surface area contributed by atoms with Crippen molar-refractivity contribution in [3.05, 3.63) is 47.8 Å². The third-order valence-electron chi connectivity index (χ3n) is 6.08. The van der Waals surface area contributed by atoms with E-state index in [9.17, 15) is 23.1 Å². The molecule has 1 amide bonds. The first-order chi connectivity index (χ1) is 19.4. The first-order valence-corrected chi connectivity index (χ1v) is 13.7. The standard InChI is InChI=1S/C26H27F3N6O2.2C2H6/c1-4-15-9-20-18(30-12-15)5-6-22(34-20)35-23-10-19(33-16-7-8-26(28,29)11-16)17(13-31-23)24(36)32-14-21(27)25(2,3)37;2*1-2/h1,5-6,9-10,12-13,16,21,37H,7-8,11,14H2,2-3H3,(H,32,36)(H2,31,33,34,35);2*1-2H3. The van der Waals surface area contributed by atoms with E-state index in [1.54, 1.807) is 24.4 Å². The van der Waals surface area contributed by atoms with Crippen LogP contribution in [0.2, 0.25) is 0 Å². The van der Waals surface area contributed by atoms with Gasteiger partial charge >= 0.3 is 0 Å². The van der Waals surface area contributed by atoms with Gasteiger partial charge in [0.25, 0.3) is 5.91 Å². The molecule has 8 nitrogen and oxygen atoms in total. The van der Waals surface area contributed by atoms with Crippen LogP contribution in [0.25, 0.3) is 11.0 Å². The van der Waals surface area contributed by atoms with Gasteiger partial charge in [-0.3, -0.25) is 9.78 Å². The Morgan fingerprint density at radius 1 is 1.15 bits per heavy atom. The molecule has 1 aliphatic carbocycles. The van der Waals surface area contributed by atoms with E-state index in [0.717, 1.165) is 0 Å². The van der Waals surface area contributed by atoms with Gasteiger partial charge in [-0.15, -0.1) is 6.42 Å². The highest BCUT2D eigenvalue weighted by Crippen LogP contribution is 2.37. The normalized spacial score (nSPS) is 16.3. The molecule has 3 aromatic rings. The fraction of sp³-hybridized carbons (Fsp3) is 0.467. The second-order valence-electron chi connectivity index (χ2n) is 9.61. The summed E-state index contributed by atoms with van der Waals surface area (Å²) in [5, 5.41) is 18.3. The molecule has 1 saturated carbocycles. The van der Waals surface area contributed by atoms with Crippen molar-refractivity contribution < 1.29 is 23.1 Å². The maximum atomic E-state index is 14.2. The number of pyridine rings is 3. The minimum atomic E-state index is -2.79. The van der Waals surface area contributed by atoms with E-state index < -0.39 is 36.2 Å². The number of terminal acetylenes is 1. The summed E-state index contributed by atoms with van der Waals surface area (Å²) < 4.78 is 41.7. The van der Waals surface area contributed by atoms with E-state index in [4.69, 9.17) is 6.42 Å². The fourth-order valence-corrected chi connectivity index (χ4v) is 3.93. The molecule has 2 atom stereocenters. The number of aromatic nitrogens is 3. The van der Waals surface area contributed by atoms with E-state index in [2.05, 4.69) is 36.8 Å². The monoisotopic (exact) mass is 572 g/mol. The molecule has 4 rings (SSSR count). The van der Waals surface area contributed by atoms with Crippen LogP contribution in [0.1, 0.15) is 76.7 Å². The molecule has 4 N–H and O–H groups in total. The number of amides is 1. The summed E-state index contributed by atoms with van der Waals surface area (Å²) in [7, 11) is 0. The number of nitrogens with zero attached hydrogens (tertiary/aromatic N) is 3. The molecule has 3 aromatic heterocycles. The lowest BCUT2D eigenvalue weighted by atomic mass is 10.0. The van der Waals surface area contributed by atoms with Gasteiger partial charge in [0.1, 0.15) is 17.8 Å². The highest BCUT2D eigenvalue weighted by atomic mass is 19.3. The van der Waals surface area contributed by atoms with Crippen LogP contribution in [0, 0.1) is 12.3 Å². The van der Waals surface area contributed by atoms with Crippen molar-refractivity contribution in [3.63, 3.8) is 0 Å². The first-order valence-electron chi connectivity index (χ1n) is 13.7. The van der Waals surface area contributed by atoms with Crippen molar-refractivity contribution in [2.45, 2.75) is 84.5 Å². The number of rotatable bonds is 8. The third kappa shape index (κ3) is 9.32. The fourth-order valence-electron chi connectivity index (χ4n) is 3.93. The van der Waals surface area contributed by atoms with Crippen LogP contribution in [0.3, 0.4) is 0 Å². The van der Waals surface area contributed by atoms with Crippen molar-refractivity contribution in [3.8, 4) is 12.3 Å². The van der Waals surface area contributed by atoms with Gasteiger partial charge in [0.15, 0.2) is 0 Å². The van der Waals surface area contributed by atoms with Crippen LogP contribution >= 0.6 is 0 Å². The zero-order valence-electron chi connectivity index (χ0n) is 24.4. The van der Waals surface area contributed by atoms with Crippen molar-refractivity contribution in [2.24, 2.45) is 0 Å². The van der Waals surface area contributed by atoms with Crippen LogP contribution in [0.15, 0.2) is 36.7 Å². The minimum absolute atomic E-state index is 0.0537. The number of nitrogens with one attached hydrogen (secondary N) is 3. The lowest BCUT2D eigenvalue weighted by molar-refractivity contribution is -0.00179. The Morgan fingerprint density at radius 2 is 1.85 bits per heavy atom. The van der Waals surface area contributed by atoms with Crippen molar-refractivity contribution in [1.82, 2.24) is 20.3 Å². The van der Waals surface area contributed by atoms with E-state index >= 15 is 0 Å². The molecule has 1 aliphatic rings. The first kappa shape index (κ1) is 33.3. The number of hydrogen-bond acceptors (Lipinski definition) is 7. The van der Waals surface area contributed by atoms with Crippen molar-refractivity contribution in [1.29, 1.82) is 0 Å². The molecular weight excluding hydrogens is 533 g/mol. The van der Waals surface area contributed by atoms with Crippen LogP contribution in [0.5, 0.6) is 0 Å². The van der Waals surface area contributed by atoms with Crippen LogP contribution < -0.4 is 16.0 Å². The lowest BCUT2D eigenvalue weighted by Crippen LogP contribution is -2.42. The molecule has 3 heterocycles. The highest BCUT2D eigenvalue weighted by molar-refractivity contribution is 6.00.